The Labute approximate surface area is 148 Å². The second-order valence-electron chi connectivity index (χ2n) is 6.25. The molecule has 0 unspecified atom stereocenters. The van der Waals surface area contributed by atoms with Gasteiger partial charge in [0.1, 0.15) is 5.82 Å². The summed E-state index contributed by atoms with van der Waals surface area (Å²) in [6.45, 7) is 2.05. The fourth-order valence-corrected chi connectivity index (χ4v) is 3.23. The highest BCUT2D eigenvalue weighted by Gasteiger charge is 2.12. The molecule has 3 heterocycles. The average Bonchev–Trinajstić information content (AvgIpc) is 3.28. The number of fused-ring (bicyclic) bond motifs is 2. The van der Waals surface area contributed by atoms with Gasteiger partial charge in [-0.15, -0.1) is 5.10 Å². The van der Waals surface area contributed by atoms with Gasteiger partial charge in [0.2, 0.25) is 0 Å². The summed E-state index contributed by atoms with van der Waals surface area (Å²) in [4.78, 5) is 4.58. The average molecular weight is 343 g/mol. The van der Waals surface area contributed by atoms with Gasteiger partial charge < -0.3 is 0 Å². The van der Waals surface area contributed by atoms with Crippen LogP contribution < -0.4 is 0 Å². The van der Waals surface area contributed by atoms with E-state index in [1.165, 1.54) is 12.1 Å². The number of aromatic nitrogens is 5. The van der Waals surface area contributed by atoms with Crippen molar-refractivity contribution in [3.8, 4) is 22.6 Å². The summed E-state index contributed by atoms with van der Waals surface area (Å²) in [6, 6.07) is 16.3. The Morgan fingerprint density at radius 3 is 2.69 bits per heavy atom. The second-order valence-corrected chi connectivity index (χ2v) is 6.25. The fourth-order valence-electron chi connectivity index (χ4n) is 3.23. The third-order valence-corrected chi connectivity index (χ3v) is 4.50. The van der Waals surface area contributed by atoms with E-state index in [9.17, 15) is 4.39 Å². The fraction of sp³-hybridized carbons (Fsp3) is 0.0500. The van der Waals surface area contributed by atoms with Gasteiger partial charge in [0, 0.05) is 16.5 Å². The molecule has 0 bridgehead atoms. The summed E-state index contributed by atoms with van der Waals surface area (Å²) < 4.78 is 15.0. The molecule has 26 heavy (non-hydrogen) atoms. The summed E-state index contributed by atoms with van der Waals surface area (Å²) in [7, 11) is 0. The molecule has 2 aromatic carbocycles. The van der Waals surface area contributed by atoms with Gasteiger partial charge in [-0.25, -0.2) is 13.9 Å². The van der Waals surface area contributed by atoms with Crippen LogP contribution in [0.5, 0.6) is 0 Å². The number of halogens is 1. The van der Waals surface area contributed by atoms with E-state index < -0.39 is 0 Å². The van der Waals surface area contributed by atoms with Gasteiger partial charge in [-0.3, -0.25) is 5.10 Å². The SMILES string of the molecule is Cc1cc(-c2cccc3nc(-c4ccc(F)cc4)nn23)cc2cn[nH]c12. The normalized spacial score (nSPS) is 11.5. The monoisotopic (exact) mass is 343 g/mol. The summed E-state index contributed by atoms with van der Waals surface area (Å²) >= 11 is 0. The summed E-state index contributed by atoms with van der Waals surface area (Å²) in [6.07, 6.45) is 1.82. The van der Waals surface area contributed by atoms with Crippen molar-refractivity contribution in [3.63, 3.8) is 0 Å². The summed E-state index contributed by atoms with van der Waals surface area (Å²) in [5.74, 6) is 0.292. The Balaban J connectivity index is 1.71. The number of nitrogens with one attached hydrogen (secondary N) is 1. The molecule has 126 valence electrons. The standard InChI is InChI=1S/C20H14FN5/c1-12-9-14(10-15-11-22-24-19(12)15)17-3-2-4-18-23-20(25-26(17)18)13-5-7-16(21)8-6-13/h2-11H,1H3,(H,22,24). The maximum absolute atomic E-state index is 13.2. The Hall–Kier alpha value is -3.54. The number of benzene rings is 2. The maximum atomic E-state index is 13.2. The zero-order chi connectivity index (χ0) is 17.7. The first kappa shape index (κ1) is 14.8. The second kappa shape index (κ2) is 5.49. The van der Waals surface area contributed by atoms with Crippen LogP contribution in [-0.2, 0) is 0 Å². The number of aromatic amines is 1. The van der Waals surface area contributed by atoms with Crippen LogP contribution in [0.2, 0.25) is 0 Å². The molecule has 0 aliphatic carbocycles. The molecule has 0 aliphatic rings. The van der Waals surface area contributed by atoms with Crippen LogP contribution in [0.3, 0.4) is 0 Å². The maximum Gasteiger partial charge on any atom is 0.182 e. The van der Waals surface area contributed by atoms with Crippen molar-refractivity contribution >= 4 is 16.6 Å². The van der Waals surface area contributed by atoms with Crippen LogP contribution >= 0.6 is 0 Å². The molecule has 1 N–H and O–H groups in total. The van der Waals surface area contributed by atoms with Gasteiger partial charge in [-0.2, -0.15) is 5.10 Å². The van der Waals surface area contributed by atoms with Crippen molar-refractivity contribution in [2.45, 2.75) is 6.92 Å². The van der Waals surface area contributed by atoms with Crippen molar-refractivity contribution in [2.24, 2.45) is 0 Å². The molecule has 0 saturated carbocycles. The number of hydrogen-bond acceptors (Lipinski definition) is 3. The van der Waals surface area contributed by atoms with Crippen LogP contribution in [-0.4, -0.2) is 24.8 Å². The Bertz CT molecular complexity index is 1250. The molecule has 6 heteroatoms. The topological polar surface area (TPSA) is 58.9 Å². The van der Waals surface area contributed by atoms with E-state index in [-0.39, 0.29) is 5.82 Å². The smallest absolute Gasteiger partial charge is 0.182 e. The van der Waals surface area contributed by atoms with E-state index in [4.69, 9.17) is 0 Å². The largest absolute Gasteiger partial charge is 0.278 e. The Kier molecular flexibility index (Phi) is 3.12. The van der Waals surface area contributed by atoms with Crippen molar-refractivity contribution in [3.05, 3.63) is 72.2 Å². The van der Waals surface area contributed by atoms with Gasteiger partial charge in [-0.05, 0) is 61.0 Å². The Morgan fingerprint density at radius 1 is 1.00 bits per heavy atom. The predicted molar refractivity (Wildman–Crippen MR) is 98.2 cm³/mol. The number of nitrogens with zero attached hydrogens (tertiary/aromatic N) is 4. The highest BCUT2D eigenvalue weighted by atomic mass is 19.1. The van der Waals surface area contributed by atoms with Crippen LogP contribution in [0.1, 0.15) is 5.56 Å². The zero-order valence-corrected chi connectivity index (χ0v) is 13.9. The lowest BCUT2D eigenvalue weighted by atomic mass is 10.0. The minimum absolute atomic E-state index is 0.276. The number of pyridine rings is 1. The van der Waals surface area contributed by atoms with Crippen LogP contribution in [0.15, 0.2) is 60.8 Å². The van der Waals surface area contributed by atoms with E-state index >= 15 is 0 Å². The minimum Gasteiger partial charge on any atom is -0.278 e. The number of aryl methyl sites for hydroxylation is 1. The zero-order valence-electron chi connectivity index (χ0n) is 13.9. The molecule has 0 spiro atoms. The molecule has 3 aromatic heterocycles. The predicted octanol–water partition coefficient (Wildman–Crippen LogP) is 4.39. The molecule has 5 aromatic rings. The van der Waals surface area contributed by atoms with Gasteiger partial charge in [0.25, 0.3) is 0 Å². The van der Waals surface area contributed by atoms with Crippen molar-refractivity contribution in [2.75, 3.05) is 0 Å². The molecule has 5 nitrogen and oxygen atoms in total. The molecule has 0 amide bonds. The quantitative estimate of drug-likeness (QED) is 0.517. The van der Waals surface area contributed by atoms with Crippen molar-refractivity contribution in [1.29, 1.82) is 0 Å². The minimum atomic E-state index is -0.276. The molecular weight excluding hydrogens is 329 g/mol. The van der Waals surface area contributed by atoms with E-state index in [0.717, 1.165) is 38.9 Å². The first-order valence-corrected chi connectivity index (χ1v) is 8.25. The van der Waals surface area contributed by atoms with Gasteiger partial charge >= 0.3 is 0 Å². The number of hydrogen-bond donors (Lipinski definition) is 1. The third kappa shape index (κ3) is 2.27. The molecule has 0 saturated heterocycles. The van der Waals surface area contributed by atoms with E-state index in [1.54, 1.807) is 12.1 Å². The highest BCUT2D eigenvalue weighted by molar-refractivity contribution is 5.86. The molecule has 0 fully saturated rings. The van der Waals surface area contributed by atoms with Crippen LogP contribution in [0.4, 0.5) is 4.39 Å². The van der Waals surface area contributed by atoms with Crippen LogP contribution in [0, 0.1) is 12.7 Å². The summed E-state index contributed by atoms with van der Waals surface area (Å²) in [5.41, 5.74) is 5.65. The molecular formula is C20H14FN5. The van der Waals surface area contributed by atoms with Gasteiger partial charge in [0.05, 0.1) is 17.4 Å². The van der Waals surface area contributed by atoms with Gasteiger partial charge in [0.15, 0.2) is 11.5 Å². The summed E-state index contributed by atoms with van der Waals surface area (Å²) in [5, 5.41) is 12.8. The van der Waals surface area contributed by atoms with E-state index in [1.807, 2.05) is 28.9 Å². The molecule has 0 aliphatic heterocycles. The molecule has 5 rings (SSSR count). The van der Waals surface area contributed by atoms with E-state index in [2.05, 4.69) is 39.3 Å². The third-order valence-electron chi connectivity index (χ3n) is 4.50. The first-order chi connectivity index (χ1) is 12.7. The lowest BCUT2D eigenvalue weighted by Crippen LogP contribution is -1.94. The first-order valence-electron chi connectivity index (χ1n) is 8.25. The molecule has 0 radical (unpaired) electrons. The lowest BCUT2D eigenvalue weighted by molar-refractivity contribution is 0.628. The van der Waals surface area contributed by atoms with Crippen LogP contribution in [0.25, 0.3) is 39.2 Å². The Morgan fingerprint density at radius 2 is 1.85 bits per heavy atom. The lowest BCUT2D eigenvalue weighted by Gasteiger charge is -2.06. The number of rotatable bonds is 2. The van der Waals surface area contributed by atoms with Crippen molar-refractivity contribution in [1.82, 2.24) is 24.8 Å². The highest BCUT2D eigenvalue weighted by Crippen LogP contribution is 2.27. The van der Waals surface area contributed by atoms with E-state index in [0.29, 0.717) is 5.82 Å². The molecule has 0 atom stereocenters. The van der Waals surface area contributed by atoms with Gasteiger partial charge in [-0.1, -0.05) is 6.07 Å². The number of H-pyrrole nitrogens is 1. The van der Waals surface area contributed by atoms with Crippen molar-refractivity contribution < 1.29 is 4.39 Å².